The first-order valence-electron chi connectivity index (χ1n) is 8.06. The molecule has 128 valence electrons. The van der Waals surface area contributed by atoms with Crippen LogP contribution in [0.1, 0.15) is 31.7 Å². The number of carbonyl (C=O) groups is 1. The fraction of sp³-hybridized carbons (Fsp3) is 0.588. The van der Waals surface area contributed by atoms with Crippen molar-refractivity contribution in [3.05, 3.63) is 29.8 Å². The Bertz CT molecular complexity index is 630. The summed E-state index contributed by atoms with van der Waals surface area (Å²) in [6.45, 7) is 7.21. The van der Waals surface area contributed by atoms with Gasteiger partial charge in [0.1, 0.15) is 9.84 Å². The minimum atomic E-state index is -3.08. The molecule has 1 aromatic rings. The normalized spacial score (nSPS) is 16.0. The number of carbonyl (C=O) groups excluding carboxylic acids is 1. The Morgan fingerprint density at radius 1 is 1.09 bits per heavy atom. The van der Waals surface area contributed by atoms with Gasteiger partial charge in [-0.25, -0.2) is 8.42 Å². The van der Waals surface area contributed by atoms with E-state index >= 15 is 0 Å². The Labute approximate surface area is 139 Å². The van der Waals surface area contributed by atoms with E-state index in [0.717, 1.165) is 13.1 Å². The van der Waals surface area contributed by atoms with Gasteiger partial charge in [-0.3, -0.25) is 4.79 Å². The van der Waals surface area contributed by atoms with E-state index in [9.17, 15) is 13.2 Å². The third kappa shape index (κ3) is 5.23. The van der Waals surface area contributed by atoms with Gasteiger partial charge in [0.2, 0.25) is 5.91 Å². The van der Waals surface area contributed by atoms with E-state index in [2.05, 4.69) is 43.0 Å². The highest BCUT2D eigenvalue weighted by molar-refractivity contribution is 7.90. The van der Waals surface area contributed by atoms with Crippen LogP contribution in [0.2, 0.25) is 0 Å². The molecule has 0 atom stereocenters. The second-order valence-corrected chi connectivity index (χ2v) is 8.75. The summed E-state index contributed by atoms with van der Waals surface area (Å²) in [6, 6.07) is 8.58. The summed E-state index contributed by atoms with van der Waals surface area (Å²) in [5, 5.41) is 0. The highest BCUT2D eigenvalue weighted by Crippen LogP contribution is 2.21. The lowest BCUT2D eigenvalue weighted by atomic mass is 10.0. The predicted octanol–water partition coefficient (Wildman–Crippen LogP) is 1.89. The topological polar surface area (TPSA) is 57.7 Å². The van der Waals surface area contributed by atoms with E-state index < -0.39 is 9.84 Å². The second kappa shape index (κ2) is 7.34. The van der Waals surface area contributed by atoms with E-state index in [1.54, 1.807) is 4.90 Å². The molecule has 23 heavy (non-hydrogen) atoms. The average Bonchev–Trinajstić information content (AvgIpc) is 2.52. The molecule has 0 N–H and O–H groups in total. The van der Waals surface area contributed by atoms with Crippen LogP contribution in [0.25, 0.3) is 0 Å². The number of hydrogen-bond donors (Lipinski definition) is 0. The molecule has 1 heterocycles. The van der Waals surface area contributed by atoms with Crippen LogP contribution >= 0.6 is 0 Å². The van der Waals surface area contributed by atoms with E-state index in [1.165, 1.54) is 17.5 Å². The molecule has 0 saturated carbocycles. The van der Waals surface area contributed by atoms with Crippen LogP contribution in [0.4, 0.5) is 5.69 Å². The summed E-state index contributed by atoms with van der Waals surface area (Å²) >= 11 is 0. The molecule has 1 aliphatic heterocycles. The van der Waals surface area contributed by atoms with Gasteiger partial charge in [-0.05, 0) is 23.6 Å². The maximum absolute atomic E-state index is 12.1. The van der Waals surface area contributed by atoms with Gasteiger partial charge in [-0.15, -0.1) is 0 Å². The van der Waals surface area contributed by atoms with Gasteiger partial charge < -0.3 is 9.80 Å². The molecule has 1 aliphatic rings. The van der Waals surface area contributed by atoms with E-state index in [0.29, 0.717) is 19.0 Å². The maximum Gasteiger partial charge on any atom is 0.223 e. The first kappa shape index (κ1) is 17.8. The van der Waals surface area contributed by atoms with E-state index in [4.69, 9.17) is 0 Å². The van der Waals surface area contributed by atoms with Gasteiger partial charge in [0.25, 0.3) is 0 Å². The van der Waals surface area contributed by atoms with Crippen molar-refractivity contribution in [3.63, 3.8) is 0 Å². The number of nitrogens with zero attached hydrogens (tertiary/aromatic N) is 2. The van der Waals surface area contributed by atoms with Crippen LogP contribution in [-0.4, -0.2) is 57.4 Å². The molecule has 2 rings (SSSR count). The minimum absolute atomic E-state index is 0.0646. The van der Waals surface area contributed by atoms with Gasteiger partial charge in [-0.1, -0.05) is 26.0 Å². The summed E-state index contributed by atoms with van der Waals surface area (Å²) < 4.78 is 22.3. The zero-order valence-electron chi connectivity index (χ0n) is 14.2. The lowest BCUT2D eigenvalue weighted by Crippen LogP contribution is -2.49. The van der Waals surface area contributed by atoms with E-state index in [1.807, 2.05) is 0 Å². The molecule has 1 fully saturated rings. The van der Waals surface area contributed by atoms with Crippen molar-refractivity contribution in [3.8, 4) is 0 Å². The van der Waals surface area contributed by atoms with Gasteiger partial charge in [0.15, 0.2) is 0 Å². The molecule has 0 bridgehead atoms. The fourth-order valence-corrected chi connectivity index (χ4v) is 3.26. The third-order valence-electron chi connectivity index (χ3n) is 4.24. The van der Waals surface area contributed by atoms with Crippen molar-refractivity contribution in [1.29, 1.82) is 0 Å². The first-order chi connectivity index (χ1) is 10.8. The minimum Gasteiger partial charge on any atom is -0.368 e. The SMILES string of the molecule is CC(C)c1ccc(N2CCN(C(=O)CCS(C)(=O)=O)CC2)cc1. The zero-order valence-corrected chi connectivity index (χ0v) is 15.0. The second-order valence-electron chi connectivity index (χ2n) is 6.49. The largest absolute Gasteiger partial charge is 0.368 e. The van der Waals surface area contributed by atoms with Crippen molar-refractivity contribution in [2.24, 2.45) is 0 Å². The summed E-state index contributed by atoms with van der Waals surface area (Å²) in [4.78, 5) is 16.1. The Morgan fingerprint density at radius 3 is 2.13 bits per heavy atom. The number of amides is 1. The fourth-order valence-electron chi connectivity index (χ4n) is 2.71. The van der Waals surface area contributed by atoms with Gasteiger partial charge in [-0.2, -0.15) is 0 Å². The molecule has 1 amide bonds. The van der Waals surface area contributed by atoms with Crippen LogP contribution in [0, 0.1) is 0 Å². The van der Waals surface area contributed by atoms with Gasteiger partial charge >= 0.3 is 0 Å². The highest BCUT2D eigenvalue weighted by Gasteiger charge is 2.22. The molecule has 0 aromatic heterocycles. The molecular weight excluding hydrogens is 312 g/mol. The number of hydrogen-bond acceptors (Lipinski definition) is 4. The van der Waals surface area contributed by atoms with Crippen LogP contribution < -0.4 is 4.90 Å². The Kier molecular flexibility index (Phi) is 5.68. The smallest absolute Gasteiger partial charge is 0.223 e. The first-order valence-corrected chi connectivity index (χ1v) is 10.1. The molecule has 5 nitrogen and oxygen atoms in total. The average molecular weight is 338 g/mol. The van der Waals surface area contributed by atoms with Crippen molar-refractivity contribution >= 4 is 21.4 Å². The molecule has 1 aromatic carbocycles. The summed E-state index contributed by atoms with van der Waals surface area (Å²) in [5.74, 6) is 0.390. The van der Waals surface area contributed by atoms with Gasteiger partial charge in [0, 0.05) is 44.5 Å². The Balaban J connectivity index is 1.87. The highest BCUT2D eigenvalue weighted by atomic mass is 32.2. The molecule has 1 saturated heterocycles. The molecule has 0 spiro atoms. The van der Waals surface area contributed by atoms with Crippen LogP contribution in [0.15, 0.2) is 24.3 Å². The van der Waals surface area contributed by atoms with Crippen LogP contribution in [0.5, 0.6) is 0 Å². The van der Waals surface area contributed by atoms with E-state index in [-0.39, 0.29) is 18.1 Å². The van der Waals surface area contributed by atoms with Crippen molar-refractivity contribution in [2.45, 2.75) is 26.2 Å². The number of piperazine rings is 1. The van der Waals surface area contributed by atoms with Crippen LogP contribution in [-0.2, 0) is 14.6 Å². The number of benzene rings is 1. The van der Waals surface area contributed by atoms with Crippen LogP contribution in [0.3, 0.4) is 0 Å². The Morgan fingerprint density at radius 2 is 1.65 bits per heavy atom. The zero-order chi connectivity index (χ0) is 17.0. The predicted molar refractivity (Wildman–Crippen MR) is 93.7 cm³/mol. The lowest BCUT2D eigenvalue weighted by molar-refractivity contribution is -0.131. The van der Waals surface area contributed by atoms with Crippen molar-refractivity contribution in [2.75, 3.05) is 43.1 Å². The summed E-state index contributed by atoms with van der Waals surface area (Å²) in [6.07, 6.45) is 1.25. The van der Waals surface area contributed by atoms with Crippen molar-refractivity contribution < 1.29 is 13.2 Å². The van der Waals surface area contributed by atoms with Crippen molar-refractivity contribution in [1.82, 2.24) is 4.90 Å². The molecule has 0 radical (unpaired) electrons. The molecular formula is C17H26N2O3S. The number of rotatable bonds is 5. The van der Waals surface area contributed by atoms with Gasteiger partial charge in [0.05, 0.1) is 5.75 Å². The summed E-state index contributed by atoms with van der Waals surface area (Å²) in [5.41, 5.74) is 2.50. The Hall–Kier alpha value is -1.56. The molecule has 0 aliphatic carbocycles. The molecule has 0 unspecified atom stereocenters. The maximum atomic E-state index is 12.1. The standard InChI is InChI=1S/C17H26N2O3S/c1-14(2)15-4-6-16(7-5-15)18-9-11-19(12-10-18)17(20)8-13-23(3,21)22/h4-7,14H,8-13H2,1-3H3. The number of anilines is 1. The summed E-state index contributed by atoms with van der Waals surface area (Å²) in [7, 11) is -3.08. The monoisotopic (exact) mass is 338 g/mol. The quantitative estimate of drug-likeness (QED) is 0.823. The lowest BCUT2D eigenvalue weighted by Gasteiger charge is -2.36. The third-order valence-corrected chi connectivity index (χ3v) is 5.19. The molecule has 6 heteroatoms. The number of sulfone groups is 1.